The summed E-state index contributed by atoms with van der Waals surface area (Å²) >= 11 is 0. The Morgan fingerprint density at radius 3 is 2.20 bits per heavy atom. The van der Waals surface area contributed by atoms with E-state index in [0.29, 0.717) is 0 Å². The van der Waals surface area contributed by atoms with E-state index in [1.807, 2.05) is 0 Å². The van der Waals surface area contributed by atoms with Crippen LogP contribution in [0.1, 0.15) is 11.3 Å². The van der Waals surface area contributed by atoms with Gasteiger partial charge in [0.1, 0.15) is 11.4 Å². The summed E-state index contributed by atoms with van der Waals surface area (Å²) in [6, 6.07) is -0.118. The smallest absolute Gasteiger partial charge is 0.481 e. The Morgan fingerprint density at radius 2 is 1.80 bits per heavy atom. The summed E-state index contributed by atoms with van der Waals surface area (Å²) in [7, 11) is 0. The van der Waals surface area contributed by atoms with Crippen LogP contribution in [0.5, 0.6) is 5.75 Å². The number of halogens is 6. The highest BCUT2D eigenvalue weighted by Gasteiger charge is 2.37. The molecule has 0 saturated carbocycles. The number of aliphatic carboxylic acids is 1. The number of H-pyrrole nitrogens is 1. The van der Waals surface area contributed by atoms with Gasteiger partial charge >= 0.3 is 18.5 Å². The molecule has 11 heteroatoms. The summed E-state index contributed by atoms with van der Waals surface area (Å²) in [4.78, 5) is 22.9. The van der Waals surface area contributed by atoms with Crippen LogP contribution in [0.2, 0.25) is 0 Å². The summed E-state index contributed by atoms with van der Waals surface area (Å²) in [5.74, 6) is -3.21. The fourth-order valence-electron chi connectivity index (χ4n) is 1.25. The van der Waals surface area contributed by atoms with Gasteiger partial charge in [0.2, 0.25) is 0 Å². The Kier molecular flexibility index (Phi) is 4.01. The lowest BCUT2D eigenvalue weighted by Gasteiger charge is -2.14. The van der Waals surface area contributed by atoms with Crippen molar-refractivity contribution in [3.63, 3.8) is 0 Å². The van der Waals surface area contributed by atoms with E-state index < -0.39 is 47.5 Å². The first kappa shape index (κ1) is 15.9. The van der Waals surface area contributed by atoms with Crippen molar-refractivity contribution in [3.05, 3.63) is 27.7 Å². The molecule has 20 heavy (non-hydrogen) atoms. The van der Waals surface area contributed by atoms with Crippen LogP contribution < -0.4 is 10.3 Å². The van der Waals surface area contributed by atoms with Crippen LogP contribution in [0.4, 0.5) is 26.3 Å². The SMILES string of the molecule is O=C(O)Cc1c(OC(F)(F)F)cc(C(F)(F)F)[nH]c1=O. The topological polar surface area (TPSA) is 79.4 Å². The van der Waals surface area contributed by atoms with Crippen LogP contribution in [0.25, 0.3) is 0 Å². The number of hydrogen-bond donors (Lipinski definition) is 2. The maximum Gasteiger partial charge on any atom is 0.573 e. The predicted octanol–water partition coefficient (Wildman–Crippen LogP) is 1.92. The van der Waals surface area contributed by atoms with Gasteiger partial charge in [-0.15, -0.1) is 13.2 Å². The van der Waals surface area contributed by atoms with Gasteiger partial charge in [0.25, 0.3) is 5.56 Å². The number of aromatic amines is 1. The van der Waals surface area contributed by atoms with Crippen LogP contribution in [0.15, 0.2) is 10.9 Å². The van der Waals surface area contributed by atoms with Gasteiger partial charge in [0.05, 0.1) is 12.0 Å². The molecule has 1 rings (SSSR count). The van der Waals surface area contributed by atoms with Crippen molar-refractivity contribution in [3.8, 4) is 5.75 Å². The Bertz CT molecular complexity index is 573. The van der Waals surface area contributed by atoms with Gasteiger partial charge in [-0.1, -0.05) is 0 Å². The van der Waals surface area contributed by atoms with Crippen molar-refractivity contribution >= 4 is 5.97 Å². The Balaban J connectivity index is 3.44. The highest BCUT2D eigenvalue weighted by Crippen LogP contribution is 2.32. The second kappa shape index (κ2) is 5.06. The van der Waals surface area contributed by atoms with E-state index in [2.05, 4.69) is 4.74 Å². The molecule has 0 saturated heterocycles. The van der Waals surface area contributed by atoms with Crippen molar-refractivity contribution in [2.24, 2.45) is 0 Å². The van der Waals surface area contributed by atoms with Gasteiger partial charge in [-0.25, -0.2) is 0 Å². The summed E-state index contributed by atoms with van der Waals surface area (Å²) in [6.45, 7) is 0. The lowest BCUT2D eigenvalue weighted by atomic mass is 10.1. The molecule has 0 amide bonds. The van der Waals surface area contributed by atoms with Crippen molar-refractivity contribution in [1.29, 1.82) is 0 Å². The Labute approximate surface area is 105 Å². The van der Waals surface area contributed by atoms with E-state index in [4.69, 9.17) is 5.11 Å². The van der Waals surface area contributed by atoms with Gasteiger partial charge < -0.3 is 14.8 Å². The van der Waals surface area contributed by atoms with Crippen molar-refractivity contribution < 1.29 is 41.0 Å². The highest BCUT2D eigenvalue weighted by molar-refractivity contribution is 5.71. The lowest BCUT2D eigenvalue weighted by molar-refractivity contribution is -0.275. The fourth-order valence-corrected chi connectivity index (χ4v) is 1.25. The van der Waals surface area contributed by atoms with Gasteiger partial charge in [-0.05, 0) is 0 Å². The molecule has 0 atom stereocenters. The number of carboxylic acid groups (broad SMARTS) is 1. The molecule has 0 unspecified atom stereocenters. The summed E-state index contributed by atoms with van der Waals surface area (Å²) in [6.07, 6.45) is -11.7. The van der Waals surface area contributed by atoms with Gasteiger partial charge in [-0.2, -0.15) is 13.2 Å². The van der Waals surface area contributed by atoms with Gasteiger partial charge in [0.15, 0.2) is 0 Å². The first-order valence-corrected chi connectivity index (χ1v) is 4.71. The minimum Gasteiger partial charge on any atom is -0.481 e. The fraction of sp³-hybridized carbons (Fsp3) is 0.333. The van der Waals surface area contributed by atoms with Crippen LogP contribution >= 0.6 is 0 Å². The van der Waals surface area contributed by atoms with E-state index in [9.17, 15) is 35.9 Å². The van der Waals surface area contributed by atoms with Crippen LogP contribution in [-0.4, -0.2) is 22.4 Å². The zero-order chi connectivity index (χ0) is 15.7. The first-order chi connectivity index (χ1) is 8.90. The zero-order valence-electron chi connectivity index (χ0n) is 9.22. The maximum atomic E-state index is 12.4. The molecule has 1 aromatic heterocycles. The molecule has 0 aromatic carbocycles. The molecule has 0 fully saturated rings. The molecule has 1 aromatic rings. The second-order valence-corrected chi connectivity index (χ2v) is 3.47. The first-order valence-electron chi connectivity index (χ1n) is 4.71. The molecule has 0 spiro atoms. The van der Waals surface area contributed by atoms with E-state index in [1.165, 1.54) is 4.98 Å². The quantitative estimate of drug-likeness (QED) is 0.836. The third-order valence-electron chi connectivity index (χ3n) is 1.95. The lowest BCUT2D eigenvalue weighted by Crippen LogP contribution is -2.26. The van der Waals surface area contributed by atoms with E-state index >= 15 is 0 Å². The van der Waals surface area contributed by atoms with E-state index in [0.717, 1.165) is 0 Å². The Morgan fingerprint density at radius 1 is 1.25 bits per heavy atom. The van der Waals surface area contributed by atoms with Crippen molar-refractivity contribution in [1.82, 2.24) is 4.98 Å². The molecular formula is C9H5F6NO4. The number of ether oxygens (including phenoxy) is 1. The molecule has 2 N–H and O–H groups in total. The second-order valence-electron chi connectivity index (χ2n) is 3.47. The minimum atomic E-state index is -5.37. The third kappa shape index (κ3) is 4.17. The number of carboxylic acids is 1. The average molecular weight is 305 g/mol. The summed E-state index contributed by atoms with van der Waals surface area (Å²) < 4.78 is 76.5. The number of alkyl halides is 6. The molecule has 0 aliphatic carbocycles. The average Bonchev–Trinajstić information content (AvgIpc) is 2.18. The number of nitrogens with one attached hydrogen (secondary N) is 1. The number of carbonyl (C=O) groups is 1. The third-order valence-corrected chi connectivity index (χ3v) is 1.95. The number of pyridine rings is 1. The minimum absolute atomic E-state index is 0.118. The number of aromatic nitrogens is 1. The van der Waals surface area contributed by atoms with Crippen LogP contribution in [0.3, 0.4) is 0 Å². The van der Waals surface area contributed by atoms with Crippen LogP contribution in [0, 0.1) is 0 Å². The van der Waals surface area contributed by atoms with Gasteiger partial charge in [0, 0.05) is 6.07 Å². The molecule has 0 radical (unpaired) electrons. The maximum absolute atomic E-state index is 12.4. The largest absolute Gasteiger partial charge is 0.573 e. The van der Waals surface area contributed by atoms with Gasteiger partial charge in [-0.3, -0.25) is 9.59 Å². The monoisotopic (exact) mass is 305 g/mol. The number of rotatable bonds is 3. The van der Waals surface area contributed by atoms with Crippen LogP contribution in [-0.2, 0) is 17.4 Å². The van der Waals surface area contributed by atoms with Crippen molar-refractivity contribution in [2.75, 3.05) is 0 Å². The molecule has 0 bridgehead atoms. The predicted molar refractivity (Wildman–Crippen MR) is 50.1 cm³/mol. The zero-order valence-corrected chi connectivity index (χ0v) is 9.22. The van der Waals surface area contributed by atoms with E-state index in [1.54, 1.807) is 0 Å². The molecule has 0 aliphatic rings. The standard InChI is InChI=1S/C9H5F6NO4/c10-8(11,12)5-2-4(20-9(13,14)15)3(1-6(17)18)7(19)16-5/h2H,1H2,(H,16,19)(H,17,18). The van der Waals surface area contributed by atoms with Crippen molar-refractivity contribution in [2.45, 2.75) is 19.0 Å². The highest BCUT2D eigenvalue weighted by atomic mass is 19.4. The molecule has 5 nitrogen and oxygen atoms in total. The Hall–Kier alpha value is -2.20. The normalized spacial score (nSPS) is 12.3. The molecule has 1 heterocycles. The molecular weight excluding hydrogens is 300 g/mol. The van der Waals surface area contributed by atoms with E-state index in [-0.39, 0.29) is 6.07 Å². The molecule has 0 aliphatic heterocycles. The number of hydrogen-bond acceptors (Lipinski definition) is 3. The summed E-state index contributed by atoms with van der Waals surface area (Å²) in [5.41, 5.74) is -4.47. The molecule has 112 valence electrons. The summed E-state index contributed by atoms with van der Waals surface area (Å²) in [5, 5.41) is 8.43.